The Morgan fingerprint density at radius 2 is 2.00 bits per heavy atom. The second kappa shape index (κ2) is 4.45. The minimum Gasteiger partial charge on any atom is -0.495 e. The molecular formula is C12H13NO4. The van der Waals surface area contributed by atoms with E-state index in [4.69, 9.17) is 9.47 Å². The van der Waals surface area contributed by atoms with Gasteiger partial charge in [-0.25, -0.2) is 0 Å². The van der Waals surface area contributed by atoms with Gasteiger partial charge in [-0.15, -0.1) is 0 Å². The van der Waals surface area contributed by atoms with Crippen molar-refractivity contribution in [2.75, 3.05) is 12.4 Å². The molecule has 0 atom stereocenters. The van der Waals surface area contributed by atoms with Gasteiger partial charge in [0.2, 0.25) is 5.91 Å². The largest absolute Gasteiger partial charge is 0.495 e. The van der Waals surface area contributed by atoms with E-state index in [-0.39, 0.29) is 11.9 Å². The number of ether oxygens (including phenoxy) is 2. The molecule has 0 unspecified atom stereocenters. The molecule has 17 heavy (non-hydrogen) atoms. The van der Waals surface area contributed by atoms with Gasteiger partial charge in [0.25, 0.3) is 0 Å². The lowest BCUT2D eigenvalue weighted by atomic mass is 10.0. The molecule has 1 aromatic carbocycles. The van der Waals surface area contributed by atoms with Crippen molar-refractivity contribution in [2.24, 2.45) is 0 Å². The third-order valence-corrected chi connectivity index (χ3v) is 2.57. The number of esters is 1. The summed E-state index contributed by atoms with van der Waals surface area (Å²) in [6.07, 6.45) is 0.926. The number of amides is 1. The molecule has 1 amide bonds. The van der Waals surface area contributed by atoms with Crippen molar-refractivity contribution >= 4 is 17.6 Å². The van der Waals surface area contributed by atoms with Crippen LogP contribution in [-0.2, 0) is 16.0 Å². The highest BCUT2D eigenvalue weighted by Gasteiger charge is 2.22. The summed E-state index contributed by atoms with van der Waals surface area (Å²) < 4.78 is 10.3. The number of rotatable bonds is 2. The number of methoxy groups -OCH3 is 1. The maximum Gasteiger partial charge on any atom is 0.308 e. The van der Waals surface area contributed by atoms with Crippen molar-refractivity contribution in [1.29, 1.82) is 0 Å². The number of anilines is 1. The maximum atomic E-state index is 11.4. The van der Waals surface area contributed by atoms with Gasteiger partial charge in [-0.2, -0.15) is 0 Å². The summed E-state index contributed by atoms with van der Waals surface area (Å²) in [5, 5.41) is 2.74. The van der Waals surface area contributed by atoms with Gasteiger partial charge in [0.15, 0.2) is 0 Å². The van der Waals surface area contributed by atoms with Crippen LogP contribution in [0.5, 0.6) is 11.5 Å². The van der Waals surface area contributed by atoms with Crippen molar-refractivity contribution in [2.45, 2.75) is 19.8 Å². The summed E-state index contributed by atoms with van der Waals surface area (Å²) in [7, 11) is 1.53. The summed E-state index contributed by atoms with van der Waals surface area (Å²) in [5.41, 5.74) is 1.40. The molecule has 0 bridgehead atoms. The number of hydrogen-bond donors (Lipinski definition) is 1. The SMILES string of the molecule is COc1ccc(OC(C)=O)c2c1NC(=O)CC2. The van der Waals surface area contributed by atoms with Crippen LogP contribution in [0.15, 0.2) is 12.1 Å². The fraction of sp³-hybridized carbons (Fsp3) is 0.333. The molecule has 1 heterocycles. The Labute approximate surface area is 98.7 Å². The van der Waals surface area contributed by atoms with Crippen LogP contribution in [0, 0.1) is 0 Å². The Morgan fingerprint density at radius 3 is 2.65 bits per heavy atom. The van der Waals surface area contributed by atoms with Gasteiger partial charge in [-0.1, -0.05) is 0 Å². The Morgan fingerprint density at radius 1 is 1.29 bits per heavy atom. The predicted molar refractivity (Wildman–Crippen MR) is 61.3 cm³/mol. The Balaban J connectivity index is 2.47. The highest BCUT2D eigenvalue weighted by molar-refractivity contribution is 5.96. The lowest BCUT2D eigenvalue weighted by Gasteiger charge is -2.21. The fourth-order valence-electron chi connectivity index (χ4n) is 1.85. The van der Waals surface area contributed by atoms with E-state index >= 15 is 0 Å². The van der Waals surface area contributed by atoms with Gasteiger partial charge in [0.1, 0.15) is 11.5 Å². The molecule has 1 aliphatic rings. The van der Waals surface area contributed by atoms with Gasteiger partial charge >= 0.3 is 5.97 Å². The lowest BCUT2D eigenvalue weighted by molar-refractivity contribution is -0.131. The lowest BCUT2D eigenvalue weighted by Crippen LogP contribution is -2.20. The number of carbonyl (C=O) groups is 2. The molecule has 90 valence electrons. The third-order valence-electron chi connectivity index (χ3n) is 2.57. The first-order valence-electron chi connectivity index (χ1n) is 5.30. The molecule has 5 heteroatoms. The average Bonchev–Trinajstić information content (AvgIpc) is 2.28. The van der Waals surface area contributed by atoms with Gasteiger partial charge in [0.05, 0.1) is 12.8 Å². The van der Waals surface area contributed by atoms with Gasteiger partial charge in [0, 0.05) is 18.9 Å². The second-order valence-corrected chi connectivity index (χ2v) is 3.76. The smallest absolute Gasteiger partial charge is 0.308 e. The topological polar surface area (TPSA) is 64.6 Å². The monoisotopic (exact) mass is 235 g/mol. The first kappa shape index (κ1) is 11.4. The van der Waals surface area contributed by atoms with Crippen LogP contribution in [0.4, 0.5) is 5.69 Å². The summed E-state index contributed by atoms with van der Waals surface area (Å²) in [6, 6.07) is 3.35. The minimum atomic E-state index is -0.380. The molecule has 0 spiro atoms. The zero-order valence-electron chi connectivity index (χ0n) is 9.70. The second-order valence-electron chi connectivity index (χ2n) is 3.76. The van der Waals surface area contributed by atoms with E-state index in [0.29, 0.717) is 30.0 Å². The van der Waals surface area contributed by atoms with Gasteiger partial charge < -0.3 is 14.8 Å². The summed E-state index contributed by atoms with van der Waals surface area (Å²) >= 11 is 0. The normalized spacial score (nSPS) is 13.6. The summed E-state index contributed by atoms with van der Waals surface area (Å²) in [5.74, 6) is 0.613. The molecule has 0 aliphatic carbocycles. The first-order chi connectivity index (χ1) is 8.11. The van der Waals surface area contributed by atoms with Crippen LogP contribution in [0.25, 0.3) is 0 Å². The molecule has 0 fully saturated rings. The molecule has 0 aromatic heterocycles. The van der Waals surface area contributed by atoms with Crippen LogP contribution < -0.4 is 14.8 Å². The zero-order valence-corrected chi connectivity index (χ0v) is 9.70. The van der Waals surface area contributed by atoms with Gasteiger partial charge in [-0.05, 0) is 18.6 Å². The Hall–Kier alpha value is -2.04. The summed E-state index contributed by atoms with van der Waals surface area (Å²) in [6.45, 7) is 1.35. The molecule has 1 N–H and O–H groups in total. The first-order valence-corrected chi connectivity index (χ1v) is 5.30. The van der Waals surface area contributed by atoms with E-state index in [0.717, 1.165) is 5.56 Å². The average molecular weight is 235 g/mol. The zero-order chi connectivity index (χ0) is 12.4. The van der Waals surface area contributed by atoms with E-state index in [2.05, 4.69) is 5.32 Å². The minimum absolute atomic E-state index is 0.0595. The van der Waals surface area contributed by atoms with Gasteiger partial charge in [-0.3, -0.25) is 9.59 Å². The van der Waals surface area contributed by atoms with Crippen LogP contribution >= 0.6 is 0 Å². The number of carbonyl (C=O) groups excluding carboxylic acids is 2. The predicted octanol–water partition coefficient (Wildman–Crippen LogP) is 1.51. The third kappa shape index (κ3) is 2.22. The van der Waals surface area contributed by atoms with Crippen LogP contribution in [0.3, 0.4) is 0 Å². The highest BCUT2D eigenvalue weighted by atomic mass is 16.5. The molecule has 1 aliphatic heterocycles. The van der Waals surface area contributed by atoms with Crippen LogP contribution in [0.1, 0.15) is 18.9 Å². The molecule has 0 saturated carbocycles. The van der Waals surface area contributed by atoms with E-state index in [1.165, 1.54) is 14.0 Å². The Bertz CT molecular complexity index is 482. The molecular weight excluding hydrogens is 222 g/mol. The fourth-order valence-corrected chi connectivity index (χ4v) is 1.85. The van der Waals surface area contributed by atoms with Crippen molar-refractivity contribution in [1.82, 2.24) is 0 Å². The van der Waals surface area contributed by atoms with E-state index in [1.807, 2.05) is 0 Å². The van der Waals surface area contributed by atoms with E-state index < -0.39 is 0 Å². The van der Waals surface area contributed by atoms with Crippen LogP contribution in [-0.4, -0.2) is 19.0 Å². The Kier molecular flexibility index (Phi) is 2.99. The van der Waals surface area contributed by atoms with Crippen molar-refractivity contribution in [3.8, 4) is 11.5 Å². The molecule has 5 nitrogen and oxygen atoms in total. The molecule has 1 aromatic rings. The quantitative estimate of drug-likeness (QED) is 0.623. The van der Waals surface area contributed by atoms with E-state index in [1.54, 1.807) is 12.1 Å². The highest BCUT2D eigenvalue weighted by Crippen LogP contribution is 2.38. The number of hydrogen-bond acceptors (Lipinski definition) is 4. The van der Waals surface area contributed by atoms with Crippen molar-refractivity contribution in [3.63, 3.8) is 0 Å². The molecule has 0 radical (unpaired) electrons. The standard InChI is InChI=1S/C12H13NO4/c1-7(14)17-9-4-5-10(16-2)12-8(9)3-6-11(15)13-12/h4-5H,3,6H2,1-2H3,(H,13,15). The number of fused-ring (bicyclic) bond motifs is 1. The van der Waals surface area contributed by atoms with Crippen molar-refractivity contribution < 1.29 is 19.1 Å². The van der Waals surface area contributed by atoms with E-state index in [9.17, 15) is 9.59 Å². The maximum absolute atomic E-state index is 11.4. The number of nitrogens with one attached hydrogen (secondary N) is 1. The molecule has 0 saturated heterocycles. The molecule has 2 rings (SSSR count). The number of benzene rings is 1. The van der Waals surface area contributed by atoms with Crippen LogP contribution in [0.2, 0.25) is 0 Å². The van der Waals surface area contributed by atoms with Crippen molar-refractivity contribution in [3.05, 3.63) is 17.7 Å². The summed E-state index contributed by atoms with van der Waals surface area (Å²) in [4.78, 5) is 22.3.